The number of β-amino-alcohol motifs (C(OH)–C–C–N with tert-alkyl or cyclic N) is 1. The number of nitrogens with one attached hydrogen (secondary N) is 1. The van der Waals surface area contributed by atoms with Crippen LogP contribution < -0.4 is 11.1 Å². The maximum absolute atomic E-state index is 11.4. The van der Waals surface area contributed by atoms with Gasteiger partial charge in [-0.1, -0.05) is 13.8 Å². The van der Waals surface area contributed by atoms with Gasteiger partial charge in [0.1, 0.15) is 6.23 Å². The maximum atomic E-state index is 11.4. The van der Waals surface area contributed by atoms with E-state index in [1.165, 1.54) is 12.8 Å². The molecule has 0 bridgehead atoms. The zero-order valence-electron chi connectivity index (χ0n) is 18.6. The predicted molar refractivity (Wildman–Crippen MR) is 116 cm³/mol. The molecule has 3 rings (SSSR count). The molecule has 29 heavy (non-hydrogen) atoms. The molecule has 0 aromatic carbocycles. The zero-order chi connectivity index (χ0) is 20.8. The van der Waals surface area contributed by atoms with Gasteiger partial charge in [0, 0.05) is 32.2 Å². The van der Waals surface area contributed by atoms with E-state index in [2.05, 4.69) is 29.0 Å². The zero-order valence-corrected chi connectivity index (χ0v) is 18.6. The van der Waals surface area contributed by atoms with Crippen LogP contribution in [-0.4, -0.2) is 90.5 Å². The number of primary amides is 1. The summed E-state index contributed by atoms with van der Waals surface area (Å²) in [5.74, 6) is 2.13. The number of piperidine rings is 3. The normalized spacial score (nSPS) is 25.1. The Balaban J connectivity index is 1.54. The Hall–Kier alpha value is -0.890. The number of urea groups is 1. The number of rotatable bonds is 7. The molecule has 1 unspecified atom stereocenters. The minimum absolute atomic E-state index is 0.302. The highest BCUT2D eigenvalue weighted by Crippen LogP contribution is 2.26. The number of amides is 2. The van der Waals surface area contributed by atoms with Crippen molar-refractivity contribution in [1.82, 2.24) is 20.0 Å². The highest BCUT2D eigenvalue weighted by atomic mass is 16.3. The second-order valence-corrected chi connectivity index (χ2v) is 9.81. The quantitative estimate of drug-likeness (QED) is 0.555. The van der Waals surface area contributed by atoms with Crippen molar-refractivity contribution in [3.63, 3.8) is 0 Å². The van der Waals surface area contributed by atoms with Gasteiger partial charge in [-0.05, 0) is 82.5 Å². The lowest BCUT2D eigenvalue weighted by molar-refractivity contribution is -0.0663. The molecule has 0 aromatic heterocycles. The van der Waals surface area contributed by atoms with E-state index in [1.54, 1.807) is 4.90 Å². The summed E-state index contributed by atoms with van der Waals surface area (Å²) in [6.07, 6.45) is 6.28. The first kappa shape index (κ1) is 22.8. The number of aliphatic hydroxyl groups is 1. The van der Waals surface area contributed by atoms with Crippen molar-refractivity contribution in [3.8, 4) is 0 Å². The maximum Gasteiger partial charge on any atom is 0.314 e. The van der Waals surface area contributed by atoms with E-state index in [-0.39, 0.29) is 6.03 Å². The van der Waals surface area contributed by atoms with Gasteiger partial charge in [-0.3, -0.25) is 9.80 Å². The van der Waals surface area contributed by atoms with Crippen molar-refractivity contribution < 1.29 is 9.90 Å². The van der Waals surface area contributed by atoms with Gasteiger partial charge in [-0.25, -0.2) is 4.79 Å². The van der Waals surface area contributed by atoms with Gasteiger partial charge in [-0.15, -0.1) is 0 Å². The second-order valence-electron chi connectivity index (χ2n) is 9.81. The number of likely N-dealkylation sites (tertiary alicyclic amines) is 2. The monoisotopic (exact) mass is 409 g/mol. The molecule has 3 saturated heterocycles. The summed E-state index contributed by atoms with van der Waals surface area (Å²) >= 11 is 0. The van der Waals surface area contributed by atoms with E-state index >= 15 is 0 Å². The van der Waals surface area contributed by atoms with Gasteiger partial charge < -0.3 is 21.1 Å². The topological polar surface area (TPSA) is 85.1 Å². The molecule has 0 saturated carbocycles. The van der Waals surface area contributed by atoms with Gasteiger partial charge in [-0.2, -0.15) is 0 Å². The van der Waals surface area contributed by atoms with Crippen LogP contribution in [-0.2, 0) is 0 Å². The Kier molecular flexibility index (Phi) is 8.59. The van der Waals surface area contributed by atoms with Crippen LogP contribution in [0.25, 0.3) is 0 Å². The molecule has 7 nitrogen and oxygen atoms in total. The summed E-state index contributed by atoms with van der Waals surface area (Å²) < 4.78 is 0. The number of hydrogen-bond donors (Lipinski definition) is 3. The Morgan fingerprint density at radius 2 is 1.69 bits per heavy atom. The Labute approximate surface area is 177 Å². The van der Waals surface area contributed by atoms with Crippen molar-refractivity contribution in [2.75, 3.05) is 52.4 Å². The fourth-order valence-electron chi connectivity index (χ4n) is 5.42. The average molecular weight is 410 g/mol. The van der Waals surface area contributed by atoms with Gasteiger partial charge >= 0.3 is 6.03 Å². The Morgan fingerprint density at radius 1 is 1.07 bits per heavy atom. The molecule has 3 fully saturated rings. The van der Waals surface area contributed by atoms with E-state index in [0.29, 0.717) is 12.0 Å². The van der Waals surface area contributed by atoms with Gasteiger partial charge in [0.25, 0.3) is 0 Å². The molecule has 0 spiro atoms. The SMILES string of the molecule is CC(C)C1CCN(CC(O)N(CC2CCN(C(N)=O)CC2)C2CCNCC2)CC1. The highest BCUT2D eigenvalue weighted by molar-refractivity contribution is 5.72. The van der Waals surface area contributed by atoms with E-state index in [0.717, 1.165) is 89.9 Å². The molecule has 3 aliphatic rings. The summed E-state index contributed by atoms with van der Waals surface area (Å²) in [5.41, 5.74) is 5.44. The van der Waals surface area contributed by atoms with E-state index in [9.17, 15) is 9.90 Å². The molecule has 0 aliphatic carbocycles. The lowest BCUT2D eigenvalue weighted by Crippen LogP contribution is -2.55. The molecule has 3 aliphatic heterocycles. The molecule has 7 heteroatoms. The van der Waals surface area contributed by atoms with Crippen LogP contribution in [0.4, 0.5) is 4.79 Å². The number of carbonyl (C=O) groups is 1. The number of aliphatic hydroxyl groups excluding tert-OH is 1. The lowest BCUT2D eigenvalue weighted by Gasteiger charge is -2.43. The largest absolute Gasteiger partial charge is 0.377 e. The Bertz CT molecular complexity index is 495. The van der Waals surface area contributed by atoms with Crippen molar-refractivity contribution in [1.29, 1.82) is 0 Å². The summed E-state index contributed by atoms with van der Waals surface area (Å²) in [7, 11) is 0. The molecule has 3 heterocycles. The van der Waals surface area contributed by atoms with Crippen molar-refractivity contribution in [2.45, 2.75) is 64.6 Å². The Morgan fingerprint density at radius 3 is 2.24 bits per heavy atom. The average Bonchev–Trinajstić information content (AvgIpc) is 2.73. The molecule has 168 valence electrons. The van der Waals surface area contributed by atoms with Crippen LogP contribution in [0.3, 0.4) is 0 Å². The summed E-state index contributed by atoms with van der Waals surface area (Å²) in [4.78, 5) is 18.0. The third kappa shape index (κ3) is 6.54. The summed E-state index contributed by atoms with van der Waals surface area (Å²) in [5, 5.41) is 14.7. The fourth-order valence-corrected chi connectivity index (χ4v) is 5.42. The van der Waals surface area contributed by atoms with Crippen molar-refractivity contribution in [2.24, 2.45) is 23.5 Å². The van der Waals surface area contributed by atoms with Crippen molar-refractivity contribution in [3.05, 3.63) is 0 Å². The van der Waals surface area contributed by atoms with Gasteiger partial charge in [0.15, 0.2) is 0 Å². The summed E-state index contributed by atoms with van der Waals surface area (Å²) in [6, 6.07) is 0.150. The molecule has 2 amide bonds. The van der Waals surface area contributed by atoms with Crippen LogP contribution in [0.2, 0.25) is 0 Å². The predicted octanol–water partition coefficient (Wildman–Crippen LogP) is 1.52. The van der Waals surface area contributed by atoms with Crippen LogP contribution in [0, 0.1) is 17.8 Å². The number of carbonyl (C=O) groups excluding carboxylic acids is 1. The number of nitrogens with zero attached hydrogens (tertiary/aromatic N) is 3. The molecule has 0 radical (unpaired) electrons. The highest BCUT2D eigenvalue weighted by Gasteiger charge is 2.32. The van der Waals surface area contributed by atoms with Crippen LogP contribution >= 0.6 is 0 Å². The first-order valence-electron chi connectivity index (χ1n) is 11.8. The minimum Gasteiger partial charge on any atom is -0.377 e. The third-order valence-electron chi connectivity index (χ3n) is 7.55. The lowest BCUT2D eigenvalue weighted by atomic mass is 9.87. The smallest absolute Gasteiger partial charge is 0.314 e. The summed E-state index contributed by atoms with van der Waals surface area (Å²) in [6.45, 7) is 12.1. The van der Waals surface area contributed by atoms with E-state index in [1.807, 2.05) is 0 Å². The first-order valence-corrected chi connectivity index (χ1v) is 11.8. The molecule has 1 atom stereocenters. The first-order chi connectivity index (χ1) is 13.9. The number of hydrogen-bond acceptors (Lipinski definition) is 5. The van der Waals surface area contributed by atoms with E-state index in [4.69, 9.17) is 5.73 Å². The van der Waals surface area contributed by atoms with Crippen LogP contribution in [0.1, 0.15) is 52.4 Å². The molecular weight excluding hydrogens is 366 g/mol. The molecular formula is C22H43N5O2. The van der Waals surface area contributed by atoms with Crippen LogP contribution in [0.15, 0.2) is 0 Å². The third-order valence-corrected chi connectivity index (χ3v) is 7.55. The van der Waals surface area contributed by atoms with Gasteiger partial charge in [0.05, 0.1) is 0 Å². The van der Waals surface area contributed by atoms with Crippen LogP contribution in [0.5, 0.6) is 0 Å². The van der Waals surface area contributed by atoms with Crippen molar-refractivity contribution >= 4 is 6.03 Å². The fraction of sp³-hybridized carbons (Fsp3) is 0.955. The standard InChI is InChI=1S/C22H43N5O2/c1-17(2)19-7-11-25(12-8-19)16-21(28)27(20-3-9-24-10-4-20)15-18-5-13-26(14-6-18)22(23)29/h17-21,24,28H,3-16H2,1-2H3,(H2,23,29). The van der Waals surface area contributed by atoms with Gasteiger partial charge in [0.2, 0.25) is 0 Å². The minimum atomic E-state index is -0.400. The number of nitrogens with two attached hydrogens (primary N) is 1. The van der Waals surface area contributed by atoms with E-state index < -0.39 is 6.23 Å². The molecule has 4 N–H and O–H groups in total. The molecule has 0 aromatic rings. The second kappa shape index (κ2) is 10.9.